The molecular formula is C12H10F3N. The smallest absolute Gasteiger partial charge is 0.261 e. The van der Waals surface area contributed by atoms with E-state index in [4.69, 9.17) is 0 Å². The minimum atomic E-state index is -4.16. The molecule has 0 aliphatic carbocycles. The largest absolute Gasteiger partial charge is 0.393 e. The third-order valence-corrected chi connectivity index (χ3v) is 2.33. The highest BCUT2D eigenvalue weighted by Crippen LogP contribution is 2.24. The van der Waals surface area contributed by atoms with E-state index in [1.165, 1.54) is 6.07 Å². The van der Waals surface area contributed by atoms with Crippen LogP contribution in [0.25, 0.3) is 10.8 Å². The van der Waals surface area contributed by atoms with Crippen LogP contribution in [0.5, 0.6) is 0 Å². The van der Waals surface area contributed by atoms with E-state index < -0.39 is 12.6 Å². The van der Waals surface area contributed by atoms with Crippen LogP contribution in [0.2, 0.25) is 0 Å². The number of aryl methyl sites for hydroxylation is 1. The fourth-order valence-corrected chi connectivity index (χ4v) is 1.64. The summed E-state index contributed by atoms with van der Waals surface area (Å²) in [5.74, 6) is 0. The second-order valence-electron chi connectivity index (χ2n) is 3.80. The molecule has 0 atom stereocenters. The number of nitrogens with zero attached hydrogens (tertiary/aromatic N) is 1. The van der Waals surface area contributed by atoms with Crippen LogP contribution in [-0.4, -0.2) is 11.2 Å². The Balaban J connectivity index is 2.43. The Morgan fingerprint density at radius 1 is 1.12 bits per heavy atom. The van der Waals surface area contributed by atoms with E-state index in [1.54, 1.807) is 24.4 Å². The molecule has 0 spiro atoms. The number of hydrogen-bond donors (Lipinski definition) is 0. The van der Waals surface area contributed by atoms with Crippen LogP contribution in [0, 0.1) is 6.92 Å². The Bertz CT molecular complexity index is 517. The van der Waals surface area contributed by atoms with E-state index in [0.29, 0.717) is 0 Å². The SMILES string of the molecule is Cc1cc2cc(CC(F)(F)F)ccc2cn1. The van der Waals surface area contributed by atoms with Gasteiger partial charge in [-0.1, -0.05) is 18.2 Å². The van der Waals surface area contributed by atoms with Gasteiger partial charge in [-0.3, -0.25) is 4.98 Å². The second kappa shape index (κ2) is 3.77. The Kier molecular flexibility index (Phi) is 2.58. The van der Waals surface area contributed by atoms with Crippen LogP contribution in [0.1, 0.15) is 11.3 Å². The lowest BCUT2D eigenvalue weighted by molar-refractivity contribution is -0.127. The lowest BCUT2D eigenvalue weighted by atomic mass is 10.1. The molecule has 1 aromatic heterocycles. The fourth-order valence-electron chi connectivity index (χ4n) is 1.64. The van der Waals surface area contributed by atoms with Crippen molar-refractivity contribution in [1.82, 2.24) is 4.98 Å². The Labute approximate surface area is 90.9 Å². The Morgan fingerprint density at radius 2 is 1.88 bits per heavy atom. The lowest BCUT2D eigenvalue weighted by Gasteiger charge is -2.07. The minimum Gasteiger partial charge on any atom is -0.261 e. The third kappa shape index (κ3) is 2.51. The molecule has 2 rings (SSSR count). The first-order valence-corrected chi connectivity index (χ1v) is 4.86. The minimum absolute atomic E-state index is 0.283. The van der Waals surface area contributed by atoms with E-state index in [0.717, 1.165) is 16.5 Å². The molecule has 0 fully saturated rings. The number of aromatic nitrogens is 1. The summed E-state index contributed by atoms with van der Waals surface area (Å²) in [6, 6.07) is 6.52. The molecule has 0 N–H and O–H groups in total. The number of fused-ring (bicyclic) bond motifs is 1. The maximum atomic E-state index is 12.2. The number of alkyl halides is 3. The standard InChI is InChI=1S/C12H10F3N/c1-8-4-11-5-9(6-12(13,14)15)2-3-10(11)7-16-8/h2-5,7H,6H2,1H3. The van der Waals surface area contributed by atoms with Crippen molar-refractivity contribution in [2.45, 2.75) is 19.5 Å². The van der Waals surface area contributed by atoms with Crippen molar-refractivity contribution in [3.05, 3.63) is 41.7 Å². The van der Waals surface area contributed by atoms with Crippen molar-refractivity contribution < 1.29 is 13.2 Å². The molecule has 1 heterocycles. The number of pyridine rings is 1. The van der Waals surface area contributed by atoms with E-state index in [9.17, 15) is 13.2 Å². The van der Waals surface area contributed by atoms with Crippen molar-refractivity contribution in [3.8, 4) is 0 Å². The van der Waals surface area contributed by atoms with E-state index >= 15 is 0 Å². The third-order valence-electron chi connectivity index (χ3n) is 2.33. The lowest BCUT2D eigenvalue weighted by Crippen LogP contribution is -2.11. The molecule has 0 aliphatic rings. The average Bonchev–Trinajstić information content (AvgIpc) is 2.14. The molecule has 0 unspecified atom stereocenters. The topological polar surface area (TPSA) is 12.9 Å². The highest BCUT2D eigenvalue weighted by molar-refractivity contribution is 5.82. The van der Waals surface area contributed by atoms with Gasteiger partial charge in [-0.2, -0.15) is 13.2 Å². The first kappa shape index (κ1) is 10.9. The van der Waals surface area contributed by atoms with Gasteiger partial charge in [-0.25, -0.2) is 0 Å². The van der Waals surface area contributed by atoms with Crippen molar-refractivity contribution in [1.29, 1.82) is 0 Å². The Hall–Kier alpha value is -1.58. The van der Waals surface area contributed by atoms with Crippen LogP contribution in [0.4, 0.5) is 13.2 Å². The van der Waals surface area contributed by atoms with Gasteiger partial charge in [-0.15, -0.1) is 0 Å². The summed E-state index contributed by atoms with van der Waals surface area (Å²) in [7, 11) is 0. The van der Waals surface area contributed by atoms with E-state index in [2.05, 4.69) is 4.98 Å². The van der Waals surface area contributed by atoms with Gasteiger partial charge in [0.1, 0.15) is 0 Å². The molecule has 1 nitrogen and oxygen atoms in total. The fraction of sp³-hybridized carbons (Fsp3) is 0.250. The molecule has 16 heavy (non-hydrogen) atoms. The summed E-state index contributed by atoms with van der Waals surface area (Å²) in [5.41, 5.74) is 1.09. The van der Waals surface area contributed by atoms with Gasteiger partial charge < -0.3 is 0 Å². The molecule has 4 heteroatoms. The quantitative estimate of drug-likeness (QED) is 0.721. The van der Waals surface area contributed by atoms with E-state index in [-0.39, 0.29) is 5.56 Å². The van der Waals surface area contributed by atoms with Crippen molar-refractivity contribution in [2.24, 2.45) is 0 Å². The van der Waals surface area contributed by atoms with Gasteiger partial charge >= 0.3 is 6.18 Å². The van der Waals surface area contributed by atoms with Crippen LogP contribution in [-0.2, 0) is 6.42 Å². The van der Waals surface area contributed by atoms with Crippen LogP contribution < -0.4 is 0 Å². The molecule has 84 valence electrons. The highest BCUT2D eigenvalue weighted by atomic mass is 19.4. The predicted octanol–water partition coefficient (Wildman–Crippen LogP) is 3.65. The molecule has 0 saturated carbocycles. The van der Waals surface area contributed by atoms with Gasteiger partial charge in [0.2, 0.25) is 0 Å². The highest BCUT2D eigenvalue weighted by Gasteiger charge is 2.27. The van der Waals surface area contributed by atoms with Gasteiger partial charge in [0, 0.05) is 17.3 Å². The first-order chi connectivity index (χ1) is 7.44. The monoisotopic (exact) mass is 225 g/mol. The number of rotatable bonds is 1. The Morgan fingerprint density at radius 3 is 2.56 bits per heavy atom. The van der Waals surface area contributed by atoms with Crippen LogP contribution >= 0.6 is 0 Å². The zero-order chi connectivity index (χ0) is 11.8. The van der Waals surface area contributed by atoms with E-state index in [1.807, 2.05) is 6.92 Å². The molecular weight excluding hydrogens is 215 g/mol. The number of benzene rings is 1. The molecule has 2 aromatic rings. The normalized spacial score (nSPS) is 12.0. The zero-order valence-electron chi connectivity index (χ0n) is 8.67. The van der Waals surface area contributed by atoms with Crippen molar-refractivity contribution in [3.63, 3.8) is 0 Å². The summed E-state index contributed by atoms with van der Waals surface area (Å²) in [5, 5.41) is 1.66. The molecule has 0 bridgehead atoms. The van der Waals surface area contributed by atoms with Gasteiger partial charge in [0.25, 0.3) is 0 Å². The second-order valence-corrected chi connectivity index (χ2v) is 3.80. The summed E-state index contributed by atoms with van der Waals surface area (Å²) in [4.78, 5) is 4.09. The van der Waals surface area contributed by atoms with Crippen molar-refractivity contribution in [2.75, 3.05) is 0 Å². The molecule has 0 amide bonds. The maximum absolute atomic E-state index is 12.2. The first-order valence-electron chi connectivity index (χ1n) is 4.86. The molecule has 0 radical (unpaired) electrons. The summed E-state index contributed by atoms with van der Waals surface area (Å²) in [6.45, 7) is 1.82. The molecule has 0 aliphatic heterocycles. The maximum Gasteiger partial charge on any atom is 0.393 e. The zero-order valence-corrected chi connectivity index (χ0v) is 8.67. The summed E-state index contributed by atoms with van der Waals surface area (Å²) >= 11 is 0. The van der Waals surface area contributed by atoms with Gasteiger partial charge in [0.05, 0.1) is 6.42 Å². The number of hydrogen-bond acceptors (Lipinski definition) is 1. The van der Waals surface area contributed by atoms with Crippen LogP contribution in [0.3, 0.4) is 0 Å². The predicted molar refractivity (Wildman–Crippen MR) is 56.2 cm³/mol. The average molecular weight is 225 g/mol. The summed E-state index contributed by atoms with van der Waals surface area (Å²) in [6.07, 6.45) is -3.37. The van der Waals surface area contributed by atoms with Gasteiger partial charge in [0.15, 0.2) is 0 Å². The molecule has 1 aromatic carbocycles. The van der Waals surface area contributed by atoms with Crippen molar-refractivity contribution >= 4 is 10.8 Å². The van der Waals surface area contributed by atoms with Gasteiger partial charge in [-0.05, 0) is 23.9 Å². The summed E-state index contributed by atoms with van der Waals surface area (Å²) < 4.78 is 36.6. The number of halogens is 3. The van der Waals surface area contributed by atoms with Crippen LogP contribution in [0.15, 0.2) is 30.5 Å². The molecule has 0 saturated heterocycles.